The van der Waals surface area contributed by atoms with E-state index in [1.807, 2.05) is 0 Å². The number of pyridine rings is 1. The molecular formula is C20H19F3N5NaO3S. The molecule has 0 bridgehead atoms. The minimum absolute atomic E-state index is 0. The van der Waals surface area contributed by atoms with E-state index in [2.05, 4.69) is 9.82 Å². The van der Waals surface area contributed by atoms with E-state index in [4.69, 9.17) is 0 Å². The first-order valence-corrected chi connectivity index (χ1v) is 11.0. The van der Waals surface area contributed by atoms with Gasteiger partial charge < -0.3 is 14.4 Å². The molecule has 3 heterocycles. The van der Waals surface area contributed by atoms with Crippen LogP contribution in [-0.2, 0) is 10.2 Å². The summed E-state index contributed by atoms with van der Waals surface area (Å²) < 4.78 is 71.7. The molecule has 1 aliphatic rings. The fourth-order valence-electron chi connectivity index (χ4n) is 3.68. The van der Waals surface area contributed by atoms with Gasteiger partial charge in [0.05, 0.1) is 23.7 Å². The van der Waals surface area contributed by atoms with Crippen LogP contribution in [-0.4, -0.2) is 55.1 Å². The van der Waals surface area contributed by atoms with E-state index in [0.29, 0.717) is 5.69 Å². The molecule has 1 saturated heterocycles. The molecule has 0 N–H and O–H groups in total. The Labute approximate surface area is 210 Å². The predicted octanol–water partition coefficient (Wildman–Crippen LogP) is 0.226. The van der Waals surface area contributed by atoms with Crippen molar-refractivity contribution in [3.05, 3.63) is 70.2 Å². The van der Waals surface area contributed by atoms with Gasteiger partial charge in [-0.2, -0.15) is 5.10 Å². The van der Waals surface area contributed by atoms with Gasteiger partial charge in [-0.1, -0.05) is 0 Å². The van der Waals surface area contributed by atoms with E-state index in [9.17, 15) is 26.4 Å². The molecule has 170 valence electrons. The molecule has 8 nitrogen and oxygen atoms in total. The Morgan fingerprint density at radius 2 is 1.94 bits per heavy atom. The van der Waals surface area contributed by atoms with Crippen LogP contribution in [0.2, 0.25) is 0 Å². The van der Waals surface area contributed by atoms with Crippen molar-refractivity contribution in [1.29, 1.82) is 0 Å². The van der Waals surface area contributed by atoms with Gasteiger partial charge in [0.15, 0.2) is 10.2 Å². The molecule has 1 amide bonds. The van der Waals surface area contributed by atoms with Crippen molar-refractivity contribution < 1.29 is 55.9 Å². The first kappa shape index (κ1) is 25.5. The molecule has 0 unspecified atom stereocenters. The van der Waals surface area contributed by atoms with E-state index >= 15 is 0 Å². The van der Waals surface area contributed by atoms with Gasteiger partial charge in [-0.25, -0.2) is 30.4 Å². The topological polar surface area (TPSA) is 89.1 Å². The van der Waals surface area contributed by atoms with E-state index in [1.165, 1.54) is 37.1 Å². The fraction of sp³-hybridized carbons (Fsp3) is 0.300. The van der Waals surface area contributed by atoms with Crippen molar-refractivity contribution in [3.8, 4) is 0 Å². The Morgan fingerprint density at radius 1 is 1.21 bits per heavy atom. The zero-order chi connectivity index (χ0) is 23.2. The van der Waals surface area contributed by atoms with Gasteiger partial charge in [0.1, 0.15) is 17.8 Å². The molecule has 2 atom stereocenters. The quantitative estimate of drug-likeness (QED) is 0.479. The average Bonchev–Trinajstić information content (AvgIpc) is 3.32. The fourth-order valence-corrected chi connectivity index (χ4v) is 4.15. The third-order valence-corrected chi connectivity index (χ3v) is 6.61. The smallest absolute Gasteiger partial charge is 0.528 e. The summed E-state index contributed by atoms with van der Waals surface area (Å²) in [6.07, 6.45) is 1.38. The van der Waals surface area contributed by atoms with Crippen molar-refractivity contribution in [3.63, 3.8) is 0 Å². The van der Waals surface area contributed by atoms with Gasteiger partial charge in [0.2, 0.25) is 0 Å². The minimum atomic E-state index is -4.14. The molecule has 1 aliphatic heterocycles. The monoisotopic (exact) mass is 489 g/mol. The number of rotatable bonds is 5. The predicted molar refractivity (Wildman–Crippen MR) is 111 cm³/mol. The number of halogens is 3. The zero-order valence-electron chi connectivity index (χ0n) is 18.1. The van der Waals surface area contributed by atoms with Gasteiger partial charge in [-0.3, -0.25) is 0 Å². The molecule has 33 heavy (non-hydrogen) atoms. The summed E-state index contributed by atoms with van der Waals surface area (Å²) in [4.78, 5) is 14.1. The Bertz CT molecular complexity index is 1300. The van der Waals surface area contributed by atoms with Crippen LogP contribution in [0.5, 0.6) is 0 Å². The molecular weight excluding hydrogens is 470 g/mol. The molecule has 0 radical (unpaired) electrons. The van der Waals surface area contributed by atoms with Crippen molar-refractivity contribution in [2.24, 2.45) is 0 Å². The Kier molecular flexibility index (Phi) is 7.44. The number of amides is 1. The van der Waals surface area contributed by atoms with Crippen LogP contribution in [0, 0.1) is 11.6 Å². The molecule has 1 fully saturated rings. The number of hydrogen-bond acceptors (Lipinski definition) is 5. The Morgan fingerprint density at radius 3 is 2.64 bits per heavy atom. The maximum Gasteiger partial charge on any atom is 1.00 e. The second-order valence-corrected chi connectivity index (χ2v) is 9.41. The third-order valence-electron chi connectivity index (χ3n) is 5.29. The maximum absolute atomic E-state index is 14.4. The zero-order valence-corrected chi connectivity index (χ0v) is 20.9. The summed E-state index contributed by atoms with van der Waals surface area (Å²) in [7, 11) is -1.66. The largest absolute Gasteiger partial charge is 1.00 e. The number of aromatic nitrogens is 2. The van der Waals surface area contributed by atoms with Crippen LogP contribution >= 0.6 is 0 Å². The van der Waals surface area contributed by atoms with Crippen molar-refractivity contribution in [1.82, 2.24) is 13.9 Å². The summed E-state index contributed by atoms with van der Waals surface area (Å²) in [6, 6.07) is 5.39. The number of nitrogens with zero attached hydrogens (tertiary/aromatic N) is 5. The number of carbonyl (C=O) groups excluding carboxylic acids is 1. The first-order chi connectivity index (χ1) is 15.1. The number of hydrogen-bond donors (Lipinski definition) is 0. The van der Waals surface area contributed by atoms with E-state index < -0.39 is 40.0 Å². The normalized spacial score (nSPS) is 18.5. The average molecular weight is 489 g/mol. The van der Waals surface area contributed by atoms with Crippen molar-refractivity contribution in [2.45, 2.75) is 18.6 Å². The summed E-state index contributed by atoms with van der Waals surface area (Å²) in [5.41, 5.74) is 0.644. The molecule has 0 aliphatic carbocycles. The maximum atomic E-state index is 14.4. The summed E-state index contributed by atoms with van der Waals surface area (Å²) in [5.74, 6) is -2.29. The third kappa shape index (κ3) is 5.04. The van der Waals surface area contributed by atoms with E-state index in [-0.39, 0.29) is 59.2 Å². The SMILES string of the molecule is CN(C)S(=O)(=O)[N-]C(=O)c1cnn2ccc(N3C[C@@H](F)C[C@@H]3c3cc(F)ccc3F)cc12.[Na+]. The minimum Gasteiger partial charge on any atom is -0.528 e. The second-order valence-electron chi connectivity index (χ2n) is 7.60. The Hall–Kier alpha value is -2.12. The van der Waals surface area contributed by atoms with Crippen LogP contribution in [0.15, 0.2) is 42.7 Å². The van der Waals surface area contributed by atoms with Gasteiger partial charge >= 0.3 is 29.6 Å². The molecule has 13 heteroatoms. The summed E-state index contributed by atoms with van der Waals surface area (Å²) >= 11 is 0. The van der Waals surface area contributed by atoms with Gasteiger partial charge in [-0.05, 0) is 30.3 Å². The molecule has 2 aromatic heterocycles. The number of alkyl halides is 1. The van der Waals surface area contributed by atoms with Crippen molar-refractivity contribution in [2.75, 3.05) is 25.5 Å². The number of anilines is 1. The second kappa shape index (κ2) is 9.63. The summed E-state index contributed by atoms with van der Waals surface area (Å²) in [6.45, 7) is -0.0619. The Balaban J connectivity index is 0.00000306. The molecule has 0 saturated carbocycles. The molecule has 0 spiro atoms. The van der Waals surface area contributed by atoms with Crippen LogP contribution in [0.1, 0.15) is 28.4 Å². The van der Waals surface area contributed by atoms with Gasteiger partial charge in [0.25, 0.3) is 0 Å². The number of fused-ring (bicyclic) bond motifs is 1. The van der Waals surface area contributed by atoms with Crippen LogP contribution in [0.4, 0.5) is 18.9 Å². The first-order valence-electron chi connectivity index (χ1n) is 9.59. The van der Waals surface area contributed by atoms with Gasteiger partial charge in [0, 0.05) is 50.1 Å². The standard InChI is InChI=1S/C20H20F3N5O3S.Na/c1-26(2)32(30,31)25-20(29)16-10-24-28-6-5-14(9-19(16)28)27-11-13(22)8-18(27)15-7-12(21)3-4-17(15)23;/h3-7,9-10,13,18H,8,11H2,1-2H3,(H,25,29);/q;+1/p-1/t13-,18+;/m0./s1. The van der Waals surface area contributed by atoms with Crippen LogP contribution in [0.3, 0.4) is 0 Å². The van der Waals surface area contributed by atoms with E-state index in [1.54, 1.807) is 11.0 Å². The van der Waals surface area contributed by atoms with Gasteiger partial charge in [-0.15, -0.1) is 0 Å². The summed E-state index contributed by atoms with van der Waals surface area (Å²) in [5, 5.41) is 4.03. The van der Waals surface area contributed by atoms with E-state index in [0.717, 1.165) is 22.5 Å². The molecule has 4 rings (SSSR count). The molecule has 3 aromatic rings. The number of carbonyl (C=O) groups is 1. The molecule has 1 aromatic carbocycles. The van der Waals surface area contributed by atoms with Crippen LogP contribution in [0.25, 0.3) is 10.2 Å². The number of benzene rings is 1. The van der Waals surface area contributed by atoms with Crippen molar-refractivity contribution >= 4 is 27.3 Å². The van der Waals surface area contributed by atoms with Crippen LogP contribution < -0.4 is 34.5 Å².